The SMILES string of the molecule is CC(C)(C)OC(=O)N1CCC(O)(c2ccc(-c3cnc4c(Br)cnn4c3)cc2)CC1. The lowest BCUT2D eigenvalue weighted by molar-refractivity contribution is -0.0356. The van der Waals surface area contributed by atoms with Crippen molar-refractivity contribution in [2.24, 2.45) is 0 Å². The number of carbonyl (C=O) groups excluding carboxylic acids is 1. The van der Waals surface area contributed by atoms with Gasteiger partial charge in [0.25, 0.3) is 0 Å². The van der Waals surface area contributed by atoms with Crippen molar-refractivity contribution in [2.75, 3.05) is 13.1 Å². The molecule has 0 atom stereocenters. The molecule has 0 radical (unpaired) electrons. The molecule has 7 nitrogen and oxygen atoms in total. The molecule has 158 valence electrons. The lowest BCUT2D eigenvalue weighted by atomic mass is 9.84. The van der Waals surface area contributed by atoms with Gasteiger partial charge in [-0.3, -0.25) is 0 Å². The summed E-state index contributed by atoms with van der Waals surface area (Å²) in [4.78, 5) is 18.4. The number of aliphatic hydroxyl groups is 1. The highest BCUT2D eigenvalue weighted by Crippen LogP contribution is 2.34. The Labute approximate surface area is 183 Å². The molecule has 1 N–H and O–H groups in total. The van der Waals surface area contributed by atoms with Crippen LogP contribution in [0.25, 0.3) is 16.8 Å². The molecule has 1 aliphatic rings. The fraction of sp³-hybridized carbons (Fsp3) is 0.409. The number of benzene rings is 1. The van der Waals surface area contributed by atoms with Crippen LogP contribution >= 0.6 is 15.9 Å². The van der Waals surface area contributed by atoms with Gasteiger partial charge >= 0.3 is 6.09 Å². The summed E-state index contributed by atoms with van der Waals surface area (Å²) >= 11 is 3.43. The summed E-state index contributed by atoms with van der Waals surface area (Å²) in [5.74, 6) is 0. The summed E-state index contributed by atoms with van der Waals surface area (Å²) in [6, 6.07) is 7.85. The van der Waals surface area contributed by atoms with E-state index in [0.717, 1.165) is 26.8 Å². The van der Waals surface area contributed by atoms with Gasteiger partial charge in [0.2, 0.25) is 0 Å². The molecule has 0 aliphatic carbocycles. The van der Waals surface area contributed by atoms with Crippen LogP contribution in [-0.2, 0) is 10.3 Å². The topological polar surface area (TPSA) is 80.0 Å². The minimum absolute atomic E-state index is 0.326. The van der Waals surface area contributed by atoms with E-state index < -0.39 is 11.2 Å². The molecule has 30 heavy (non-hydrogen) atoms. The number of amides is 1. The Morgan fingerprint density at radius 1 is 1.13 bits per heavy atom. The van der Waals surface area contributed by atoms with Crippen molar-refractivity contribution in [1.82, 2.24) is 19.5 Å². The van der Waals surface area contributed by atoms with E-state index >= 15 is 0 Å². The summed E-state index contributed by atoms with van der Waals surface area (Å²) in [6.07, 6.45) is 6.07. The maximum absolute atomic E-state index is 12.3. The van der Waals surface area contributed by atoms with Crippen molar-refractivity contribution in [2.45, 2.75) is 44.8 Å². The number of rotatable bonds is 2. The van der Waals surface area contributed by atoms with E-state index in [1.165, 1.54) is 0 Å². The minimum atomic E-state index is -0.952. The Bertz CT molecular complexity index is 1060. The molecule has 2 aromatic heterocycles. The monoisotopic (exact) mass is 472 g/mol. The van der Waals surface area contributed by atoms with Gasteiger partial charge in [0, 0.05) is 31.0 Å². The van der Waals surface area contributed by atoms with Gasteiger partial charge in [-0.1, -0.05) is 24.3 Å². The first-order chi connectivity index (χ1) is 14.1. The Balaban J connectivity index is 1.46. The van der Waals surface area contributed by atoms with Crippen LogP contribution in [0.2, 0.25) is 0 Å². The fourth-order valence-electron chi connectivity index (χ4n) is 3.64. The molecule has 4 rings (SSSR count). The molecular weight excluding hydrogens is 448 g/mol. The lowest BCUT2D eigenvalue weighted by Gasteiger charge is -2.39. The predicted molar refractivity (Wildman–Crippen MR) is 117 cm³/mol. The summed E-state index contributed by atoms with van der Waals surface area (Å²) in [6.45, 7) is 6.48. The fourth-order valence-corrected chi connectivity index (χ4v) is 4.02. The van der Waals surface area contributed by atoms with Crippen molar-refractivity contribution >= 4 is 27.7 Å². The van der Waals surface area contributed by atoms with E-state index in [1.54, 1.807) is 15.6 Å². The minimum Gasteiger partial charge on any atom is -0.444 e. The number of piperidine rings is 1. The number of likely N-dealkylation sites (tertiary alicyclic amines) is 1. The van der Waals surface area contributed by atoms with Crippen molar-refractivity contribution < 1.29 is 14.6 Å². The van der Waals surface area contributed by atoms with E-state index in [0.29, 0.717) is 25.9 Å². The quantitative estimate of drug-likeness (QED) is 0.598. The molecule has 1 aliphatic heterocycles. The number of hydrogen-bond donors (Lipinski definition) is 1. The van der Waals surface area contributed by atoms with E-state index in [1.807, 2.05) is 57.4 Å². The third-order valence-corrected chi connectivity index (χ3v) is 5.87. The van der Waals surface area contributed by atoms with E-state index in [-0.39, 0.29) is 6.09 Å². The second kappa shape index (κ2) is 7.67. The van der Waals surface area contributed by atoms with Gasteiger partial charge in [0.1, 0.15) is 5.60 Å². The third-order valence-electron chi connectivity index (χ3n) is 5.31. The molecule has 1 aromatic carbocycles. The van der Waals surface area contributed by atoms with E-state index in [2.05, 4.69) is 26.0 Å². The first-order valence-electron chi connectivity index (χ1n) is 9.95. The summed E-state index contributed by atoms with van der Waals surface area (Å²) in [7, 11) is 0. The maximum Gasteiger partial charge on any atom is 0.410 e. The molecule has 0 saturated carbocycles. The molecule has 0 spiro atoms. The Kier molecular flexibility index (Phi) is 5.32. The van der Waals surface area contributed by atoms with Gasteiger partial charge in [0.05, 0.1) is 16.3 Å². The molecular formula is C22H25BrN4O3. The highest BCUT2D eigenvalue weighted by atomic mass is 79.9. The second-order valence-electron chi connectivity index (χ2n) is 8.68. The number of carbonyl (C=O) groups is 1. The molecule has 1 amide bonds. The van der Waals surface area contributed by atoms with Gasteiger partial charge in [-0.2, -0.15) is 5.10 Å². The molecule has 1 saturated heterocycles. The first kappa shape index (κ1) is 20.8. The van der Waals surface area contributed by atoms with Gasteiger partial charge in [-0.05, 0) is 60.7 Å². The summed E-state index contributed by atoms with van der Waals surface area (Å²) < 4.78 is 8.02. The largest absolute Gasteiger partial charge is 0.444 e. The van der Waals surface area contributed by atoms with Crippen molar-refractivity contribution in [3.63, 3.8) is 0 Å². The van der Waals surface area contributed by atoms with Crippen molar-refractivity contribution in [1.29, 1.82) is 0 Å². The van der Waals surface area contributed by atoms with Gasteiger partial charge in [-0.25, -0.2) is 14.3 Å². The smallest absolute Gasteiger partial charge is 0.410 e. The molecule has 8 heteroatoms. The number of hydrogen-bond acceptors (Lipinski definition) is 5. The predicted octanol–water partition coefficient (Wildman–Crippen LogP) is 4.38. The van der Waals surface area contributed by atoms with Gasteiger partial charge in [0.15, 0.2) is 5.65 Å². The molecule has 0 unspecified atom stereocenters. The van der Waals surface area contributed by atoms with Crippen LogP contribution in [0.15, 0.2) is 47.3 Å². The molecule has 3 heterocycles. The Morgan fingerprint density at radius 3 is 2.43 bits per heavy atom. The Morgan fingerprint density at radius 2 is 1.80 bits per heavy atom. The normalized spacial score (nSPS) is 16.6. The number of ether oxygens (including phenoxy) is 1. The summed E-state index contributed by atoms with van der Waals surface area (Å²) in [5.41, 5.74) is 2.08. The van der Waals surface area contributed by atoms with Crippen LogP contribution in [0.3, 0.4) is 0 Å². The zero-order valence-electron chi connectivity index (χ0n) is 17.3. The van der Waals surface area contributed by atoms with Crippen LogP contribution in [0.5, 0.6) is 0 Å². The number of nitrogens with zero attached hydrogens (tertiary/aromatic N) is 4. The zero-order valence-corrected chi connectivity index (χ0v) is 18.9. The maximum atomic E-state index is 12.3. The highest BCUT2D eigenvalue weighted by Gasteiger charge is 2.36. The van der Waals surface area contributed by atoms with Crippen LogP contribution in [0, 0.1) is 0 Å². The number of halogens is 1. The van der Waals surface area contributed by atoms with Crippen LogP contribution in [0.1, 0.15) is 39.2 Å². The van der Waals surface area contributed by atoms with Crippen LogP contribution < -0.4 is 0 Å². The standard InChI is InChI=1S/C22H25BrN4O3/c1-21(2,3)30-20(28)26-10-8-22(29,9-11-26)17-6-4-15(5-7-17)16-12-24-19-18(23)13-25-27(19)14-16/h4-7,12-14,29H,8-11H2,1-3H3. The summed E-state index contributed by atoms with van der Waals surface area (Å²) in [5, 5.41) is 15.4. The third kappa shape index (κ3) is 4.20. The average molecular weight is 473 g/mol. The second-order valence-corrected chi connectivity index (χ2v) is 9.53. The molecule has 1 fully saturated rings. The van der Waals surface area contributed by atoms with E-state index in [9.17, 15) is 9.90 Å². The average Bonchev–Trinajstić information content (AvgIpc) is 3.07. The lowest BCUT2D eigenvalue weighted by Crippen LogP contribution is -2.46. The number of aromatic nitrogens is 3. The molecule has 0 bridgehead atoms. The van der Waals surface area contributed by atoms with Gasteiger partial charge < -0.3 is 14.7 Å². The zero-order chi connectivity index (χ0) is 21.5. The van der Waals surface area contributed by atoms with Crippen molar-refractivity contribution in [3.05, 3.63) is 52.9 Å². The van der Waals surface area contributed by atoms with Crippen LogP contribution in [-0.4, -0.2) is 49.4 Å². The number of fused-ring (bicyclic) bond motifs is 1. The highest BCUT2D eigenvalue weighted by molar-refractivity contribution is 9.10. The van der Waals surface area contributed by atoms with E-state index in [4.69, 9.17) is 4.74 Å². The first-order valence-corrected chi connectivity index (χ1v) is 10.7. The van der Waals surface area contributed by atoms with Crippen LogP contribution in [0.4, 0.5) is 4.79 Å². The van der Waals surface area contributed by atoms with Gasteiger partial charge in [-0.15, -0.1) is 0 Å². The Hall–Kier alpha value is -2.45. The van der Waals surface area contributed by atoms with Crippen molar-refractivity contribution in [3.8, 4) is 11.1 Å². The molecule has 3 aromatic rings.